The van der Waals surface area contributed by atoms with Gasteiger partial charge < -0.3 is 4.74 Å². The molecule has 3 aliphatic carbocycles. The standard InChI is InChI=1S/C16H19NO4/c1-16(2)11-5-8-14(13(16)9-11)21-15(18)10-3-6-12(7-4-10)17(19)20/h3-4,6-7,11,13-14H,5,8-9H2,1-2H3/t11-,13+,14-/m1/s1. The molecule has 5 heteroatoms. The van der Waals surface area contributed by atoms with Gasteiger partial charge in [0.05, 0.1) is 10.5 Å². The maximum Gasteiger partial charge on any atom is 0.338 e. The molecule has 0 amide bonds. The van der Waals surface area contributed by atoms with E-state index in [1.165, 1.54) is 24.3 Å². The average molecular weight is 289 g/mol. The van der Waals surface area contributed by atoms with Crippen molar-refractivity contribution in [2.75, 3.05) is 0 Å². The molecule has 21 heavy (non-hydrogen) atoms. The summed E-state index contributed by atoms with van der Waals surface area (Å²) in [5.74, 6) is 0.825. The van der Waals surface area contributed by atoms with E-state index in [0.717, 1.165) is 25.2 Å². The summed E-state index contributed by atoms with van der Waals surface area (Å²) in [5.41, 5.74) is 0.616. The SMILES string of the molecule is CC1(C)[C@@H]2CC[C@@H](OC(=O)c3ccc([N+](=O)[O-])cc3)[C@@H]1C2. The third-order valence-electron chi connectivity index (χ3n) is 5.37. The normalized spacial score (nSPS) is 29.3. The van der Waals surface area contributed by atoms with Crippen LogP contribution in [0.15, 0.2) is 24.3 Å². The Balaban J connectivity index is 1.67. The monoisotopic (exact) mass is 289 g/mol. The van der Waals surface area contributed by atoms with Gasteiger partial charge in [-0.05, 0) is 42.7 Å². The van der Waals surface area contributed by atoms with E-state index in [1.807, 2.05) is 0 Å². The lowest BCUT2D eigenvalue weighted by Gasteiger charge is -2.59. The van der Waals surface area contributed by atoms with Crippen LogP contribution in [-0.2, 0) is 4.74 Å². The molecule has 3 atom stereocenters. The predicted molar refractivity (Wildman–Crippen MR) is 76.9 cm³/mol. The molecule has 2 bridgehead atoms. The fourth-order valence-electron chi connectivity index (χ4n) is 3.81. The Kier molecular flexibility index (Phi) is 3.23. The highest BCUT2D eigenvalue weighted by Gasteiger charge is 2.55. The maximum absolute atomic E-state index is 12.2. The smallest absolute Gasteiger partial charge is 0.338 e. The number of ether oxygens (including phenoxy) is 1. The van der Waals surface area contributed by atoms with Gasteiger partial charge in [0.2, 0.25) is 0 Å². The molecule has 3 saturated carbocycles. The summed E-state index contributed by atoms with van der Waals surface area (Å²) in [6.45, 7) is 4.50. The Morgan fingerprint density at radius 2 is 1.95 bits per heavy atom. The zero-order valence-electron chi connectivity index (χ0n) is 12.2. The minimum absolute atomic E-state index is 0.0207. The fourth-order valence-corrected chi connectivity index (χ4v) is 3.81. The number of hydrogen-bond acceptors (Lipinski definition) is 4. The van der Waals surface area contributed by atoms with Gasteiger partial charge in [0.1, 0.15) is 6.10 Å². The summed E-state index contributed by atoms with van der Waals surface area (Å²) in [4.78, 5) is 22.3. The highest BCUT2D eigenvalue weighted by molar-refractivity contribution is 5.89. The van der Waals surface area contributed by atoms with E-state index >= 15 is 0 Å². The van der Waals surface area contributed by atoms with Crippen LogP contribution < -0.4 is 0 Å². The number of nitro benzene ring substituents is 1. The molecule has 0 unspecified atom stereocenters. The van der Waals surface area contributed by atoms with Gasteiger partial charge in [-0.1, -0.05) is 13.8 Å². The average Bonchev–Trinajstić information content (AvgIpc) is 2.47. The van der Waals surface area contributed by atoms with E-state index in [1.54, 1.807) is 0 Å². The van der Waals surface area contributed by atoms with Gasteiger partial charge in [0.15, 0.2) is 0 Å². The van der Waals surface area contributed by atoms with Crippen molar-refractivity contribution >= 4 is 11.7 Å². The third-order valence-corrected chi connectivity index (χ3v) is 5.37. The number of non-ortho nitro benzene ring substituents is 1. The second-order valence-electron chi connectivity index (χ2n) is 6.69. The van der Waals surface area contributed by atoms with Crippen molar-refractivity contribution in [3.05, 3.63) is 39.9 Å². The fraction of sp³-hybridized carbons (Fsp3) is 0.562. The van der Waals surface area contributed by atoms with E-state index < -0.39 is 4.92 Å². The van der Waals surface area contributed by atoms with Crippen molar-refractivity contribution in [1.29, 1.82) is 0 Å². The number of hydrogen-bond donors (Lipinski definition) is 0. The zero-order chi connectivity index (χ0) is 15.2. The third kappa shape index (κ3) is 2.30. The first-order valence-electron chi connectivity index (χ1n) is 7.35. The molecule has 0 heterocycles. The van der Waals surface area contributed by atoms with E-state index in [2.05, 4.69) is 13.8 Å². The largest absolute Gasteiger partial charge is 0.458 e. The number of nitrogens with zero attached hydrogens (tertiary/aromatic N) is 1. The molecule has 4 rings (SSSR count). The first-order chi connectivity index (χ1) is 9.89. The molecule has 0 radical (unpaired) electrons. The Hall–Kier alpha value is -1.91. The lowest BCUT2D eigenvalue weighted by Crippen LogP contribution is -2.55. The van der Waals surface area contributed by atoms with E-state index in [0.29, 0.717) is 11.5 Å². The number of carbonyl (C=O) groups is 1. The van der Waals surface area contributed by atoms with Gasteiger partial charge in [-0.15, -0.1) is 0 Å². The highest BCUT2D eigenvalue weighted by atomic mass is 16.6. The van der Waals surface area contributed by atoms with Gasteiger partial charge in [0, 0.05) is 18.1 Å². The summed E-state index contributed by atoms with van der Waals surface area (Å²) < 4.78 is 5.65. The number of esters is 1. The van der Waals surface area contributed by atoms with Crippen LogP contribution in [0.3, 0.4) is 0 Å². The molecule has 1 aromatic carbocycles. The van der Waals surface area contributed by atoms with Gasteiger partial charge in [-0.25, -0.2) is 4.79 Å². The quantitative estimate of drug-likeness (QED) is 0.484. The van der Waals surface area contributed by atoms with Crippen LogP contribution in [0, 0.1) is 27.4 Å². The van der Waals surface area contributed by atoms with E-state index in [-0.39, 0.29) is 23.2 Å². The molecule has 3 aliphatic rings. The van der Waals surface area contributed by atoms with E-state index in [9.17, 15) is 14.9 Å². The molecule has 0 aliphatic heterocycles. The molecule has 3 fully saturated rings. The summed E-state index contributed by atoms with van der Waals surface area (Å²) >= 11 is 0. The molecule has 0 N–H and O–H groups in total. The molecular formula is C16H19NO4. The van der Waals surface area contributed by atoms with Crippen LogP contribution in [0.1, 0.15) is 43.5 Å². The Bertz CT molecular complexity index is 576. The number of nitro groups is 1. The van der Waals surface area contributed by atoms with Crippen molar-refractivity contribution in [2.24, 2.45) is 17.3 Å². The first kappa shape index (κ1) is 14.0. The molecule has 1 aromatic rings. The Morgan fingerprint density at radius 3 is 2.48 bits per heavy atom. The van der Waals surface area contributed by atoms with Crippen molar-refractivity contribution in [3.8, 4) is 0 Å². The van der Waals surface area contributed by atoms with Gasteiger partial charge in [-0.2, -0.15) is 0 Å². The molecule has 112 valence electrons. The molecular weight excluding hydrogens is 270 g/mol. The van der Waals surface area contributed by atoms with Crippen LogP contribution in [0.25, 0.3) is 0 Å². The topological polar surface area (TPSA) is 69.4 Å². The number of rotatable bonds is 3. The summed E-state index contributed by atoms with van der Waals surface area (Å²) in [6.07, 6.45) is 3.16. The Morgan fingerprint density at radius 1 is 1.29 bits per heavy atom. The van der Waals surface area contributed by atoms with Crippen LogP contribution >= 0.6 is 0 Å². The second-order valence-corrected chi connectivity index (χ2v) is 6.69. The lowest BCUT2D eigenvalue weighted by molar-refractivity contribution is -0.384. The molecule has 0 spiro atoms. The van der Waals surface area contributed by atoms with E-state index in [4.69, 9.17) is 4.74 Å². The minimum atomic E-state index is -0.479. The molecule has 0 saturated heterocycles. The number of carbonyl (C=O) groups excluding carboxylic acids is 1. The lowest BCUT2D eigenvalue weighted by atomic mass is 9.48. The van der Waals surface area contributed by atoms with Crippen LogP contribution in [0.2, 0.25) is 0 Å². The van der Waals surface area contributed by atoms with Crippen LogP contribution in [0.5, 0.6) is 0 Å². The van der Waals surface area contributed by atoms with Crippen LogP contribution in [0.4, 0.5) is 5.69 Å². The molecule has 0 aromatic heterocycles. The number of fused-ring (bicyclic) bond motifs is 2. The summed E-state index contributed by atoms with van der Waals surface area (Å²) in [5, 5.41) is 10.6. The maximum atomic E-state index is 12.2. The van der Waals surface area contributed by atoms with Gasteiger partial charge in [-0.3, -0.25) is 10.1 Å². The summed E-state index contributed by atoms with van der Waals surface area (Å²) in [6, 6.07) is 5.58. The van der Waals surface area contributed by atoms with Crippen molar-refractivity contribution in [3.63, 3.8) is 0 Å². The molecule has 5 nitrogen and oxygen atoms in total. The van der Waals surface area contributed by atoms with Crippen molar-refractivity contribution < 1.29 is 14.5 Å². The minimum Gasteiger partial charge on any atom is -0.458 e. The first-order valence-corrected chi connectivity index (χ1v) is 7.35. The predicted octanol–water partition coefficient (Wildman–Crippen LogP) is 3.58. The van der Waals surface area contributed by atoms with Crippen molar-refractivity contribution in [1.82, 2.24) is 0 Å². The van der Waals surface area contributed by atoms with Gasteiger partial charge >= 0.3 is 5.97 Å². The van der Waals surface area contributed by atoms with Crippen molar-refractivity contribution in [2.45, 2.75) is 39.2 Å². The zero-order valence-corrected chi connectivity index (χ0v) is 12.2. The van der Waals surface area contributed by atoms with Crippen LogP contribution in [-0.4, -0.2) is 17.0 Å². The second kappa shape index (κ2) is 4.83. The number of benzene rings is 1. The van der Waals surface area contributed by atoms with Gasteiger partial charge in [0.25, 0.3) is 5.69 Å². The summed E-state index contributed by atoms with van der Waals surface area (Å²) in [7, 11) is 0. The highest BCUT2D eigenvalue weighted by Crippen LogP contribution is 2.59. The Labute approximate surface area is 123 Å².